The van der Waals surface area contributed by atoms with Gasteiger partial charge in [0.2, 0.25) is 0 Å². The van der Waals surface area contributed by atoms with Crippen LogP contribution in [0.2, 0.25) is 0 Å². The van der Waals surface area contributed by atoms with Crippen molar-refractivity contribution in [1.29, 1.82) is 0 Å². The van der Waals surface area contributed by atoms with Crippen LogP contribution >= 0.6 is 0 Å². The Morgan fingerprint density at radius 3 is 2.05 bits per heavy atom. The van der Waals surface area contributed by atoms with Crippen molar-refractivity contribution in [3.05, 3.63) is 60.2 Å². The molecule has 21 heavy (non-hydrogen) atoms. The molecule has 0 aliphatic carbocycles. The Bertz CT molecular complexity index is 546. The highest BCUT2D eigenvalue weighted by molar-refractivity contribution is 5.63. The van der Waals surface area contributed by atoms with Crippen molar-refractivity contribution in [2.45, 2.75) is 31.9 Å². The number of methoxy groups -OCH3 is 1. The summed E-state index contributed by atoms with van der Waals surface area (Å²) in [4.78, 5) is 0. The van der Waals surface area contributed by atoms with Crippen LogP contribution in [0.15, 0.2) is 54.6 Å². The van der Waals surface area contributed by atoms with Gasteiger partial charge in [0.05, 0.1) is 5.60 Å². The number of ether oxygens (including phenoxy) is 1. The number of hydrogen-bond donors (Lipinski definition) is 1. The van der Waals surface area contributed by atoms with Crippen molar-refractivity contribution in [2.75, 3.05) is 14.2 Å². The van der Waals surface area contributed by atoms with Crippen LogP contribution in [0.25, 0.3) is 11.1 Å². The fourth-order valence-corrected chi connectivity index (χ4v) is 2.50. The fraction of sp³-hybridized carbons (Fsp3) is 0.368. The standard InChI is InChI=1S/C19H25NO/c1-19(2,21-4)14-18(20-3)17-12-10-16(11-13-17)15-8-6-5-7-9-15/h5-13,18,20H,14H2,1-4H3. The van der Waals surface area contributed by atoms with Crippen LogP contribution in [0.5, 0.6) is 0 Å². The second-order valence-corrected chi connectivity index (χ2v) is 6.00. The average molecular weight is 283 g/mol. The van der Waals surface area contributed by atoms with E-state index in [-0.39, 0.29) is 5.60 Å². The van der Waals surface area contributed by atoms with Crippen LogP contribution < -0.4 is 5.32 Å². The van der Waals surface area contributed by atoms with Gasteiger partial charge >= 0.3 is 0 Å². The highest BCUT2D eigenvalue weighted by atomic mass is 16.5. The Balaban J connectivity index is 2.17. The van der Waals surface area contributed by atoms with Crippen LogP contribution in [-0.2, 0) is 4.74 Å². The molecule has 0 fully saturated rings. The summed E-state index contributed by atoms with van der Waals surface area (Å²) in [6.07, 6.45) is 0.935. The lowest BCUT2D eigenvalue weighted by Gasteiger charge is -2.28. The largest absolute Gasteiger partial charge is 0.379 e. The molecule has 1 atom stereocenters. The molecule has 1 unspecified atom stereocenters. The van der Waals surface area contributed by atoms with Gasteiger partial charge < -0.3 is 10.1 Å². The van der Waals surface area contributed by atoms with Gasteiger partial charge in [0.1, 0.15) is 0 Å². The van der Waals surface area contributed by atoms with E-state index < -0.39 is 0 Å². The Kier molecular flexibility index (Phi) is 5.16. The second-order valence-electron chi connectivity index (χ2n) is 6.00. The van der Waals surface area contributed by atoms with E-state index in [0.29, 0.717) is 6.04 Å². The minimum atomic E-state index is -0.133. The zero-order valence-corrected chi connectivity index (χ0v) is 13.4. The van der Waals surface area contributed by atoms with E-state index in [1.165, 1.54) is 16.7 Å². The lowest BCUT2D eigenvalue weighted by Crippen LogP contribution is -2.30. The first-order valence-corrected chi connectivity index (χ1v) is 7.43. The van der Waals surface area contributed by atoms with Crippen molar-refractivity contribution in [3.63, 3.8) is 0 Å². The van der Waals surface area contributed by atoms with E-state index in [1.54, 1.807) is 7.11 Å². The summed E-state index contributed by atoms with van der Waals surface area (Å²) in [6, 6.07) is 19.5. The molecule has 112 valence electrons. The van der Waals surface area contributed by atoms with E-state index in [4.69, 9.17) is 4.74 Å². The maximum Gasteiger partial charge on any atom is 0.0640 e. The van der Waals surface area contributed by atoms with Crippen molar-refractivity contribution in [1.82, 2.24) is 5.32 Å². The molecule has 0 heterocycles. The Labute approximate surface area is 128 Å². The van der Waals surface area contributed by atoms with Crippen LogP contribution in [0.1, 0.15) is 31.9 Å². The van der Waals surface area contributed by atoms with Crippen molar-refractivity contribution in [3.8, 4) is 11.1 Å². The minimum absolute atomic E-state index is 0.133. The Morgan fingerprint density at radius 1 is 0.952 bits per heavy atom. The smallest absolute Gasteiger partial charge is 0.0640 e. The fourth-order valence-electron chi connectivity index (χ4n) is 2.50. The lowest BCUT2D eigenvalue weighted by molar-refractivity contribution is 0.00744. The third-order valence-electron chi connectivity index (χ3n) is 4.02. The van der Waals surface area contributed by atoms with Crippen LogP contribution in [0, 0.1) is 0 Å². The molecule has 0 aliphatic rings. The molecule has 2 rings (SSSR count). The van der Waals surface area contributed by atoms with Crippen molar-refractivity contribution in [2.24, 2.45) is 0 Å². The second kappa shape index (κ2) is 6.88. The SMILES string of the molecule is CNC(CC(C)(C)OC)c1ccc(-c2ccccc2)cc1. The quantitative estimate of drug-likeness (QED) is 0.847. The van der Waals surface area contributed by atoms with E-state index >= 15 is 0 Å². The van der Waals surface area contributed by atoms with Gasteiger partial charge in [-0.3, -0.25) is 0 Å². The monoisotopic (exact) mass is 283 g/mol. The maximum absolute atomic E-state index is 5.54. The molecule has 0 bridgehead atoms. The lowest BCUT2D eigenvalue weighted by atomic mass is 9.92. The molecule has 0 saturated carbocycles. The topological polar surface area (TPSA) is 21.3 Å². The Hall–Kier alpha value is -1.64. The summed E-state index contributed by atoms with van der Waals surface area (Å²) >= 11 is 0. The zero-order valence-electron chi connectivity index (χ0n) is 13.4. The molecule has 0 spiro atoms. The van der Waals surface area contributed by atoms with Gasteiger partial charge in [-0.15, -0.1) is 0 Å². The van der Waals surface area contributed by atoms with Gasteiger partial charge in [0.15, 0.2) is 0 Å². The van der Waals surface area contributed by atoms with Gasteiger partial charge in [0, 0.05) is 13.2 Å². The third kappa shape index (κ3) is 4.16. The maximum atomic E-state index is 5.54. The average Bonchev–Trinajstić information content (AvgIpc) is 2.54. The summed E-state index contributed by atoms with van der Waals surface area (Å²) < 4.78 is 5.54. The molecular weight excluding hydrogens is 258 g/mol. The van der Waals surface area contributed by atoms with Crippen LogP contribution in [0.3, 0.4) is 0 Å². The summed E-state index contributed by atoms with van der Waals surface area (Å²) in [5.41, 5.74) is 3.66. The van der Waals surface area contributed by atoms with Gasteiger partial charge in [-0.2, -0.15) is 0 Å². The third-order valence-corrected chi connectivity index (χ3v) is 4.02. The summed E-state index contributed by atoms with van der Waals surface area (Å²) in [6.45, 7) is 4.24. The first kappa shape index (κ1) is 15.7. The van der Waals surface area contributed by atoms with Crippen LogP contribution in [-0.4, -0.2) is 19.8 Å². The molecule has 1 N–H and O–H groups in total. The summed E-state index contributed by atoms with van der Waals surface area (Å²) in [7, 11) is 3.77. The van der Waals surface area contributed by atoms with E-state index in [9.17, 15) is 0 Å². The van der Waals surface area contributed by atoms with Crippen molar-refractivity contribution >= 4 is 0 Å². The molecule has 2 aromatic rings. The molecule has 0 amide bonds. The molecule has 2 nitrogen and oxygen atoms in total. The molecule has 0 saturated heterocycles. The van der Waals surface area contributed by atoms with E-state index in [1.807, 2.05) is 13.1 Å². The van der Waals surface area contributed by atoms with E-state index in [2.05, 4.69) is 67.7 Å². The van der Waals surface area contributed by atoms with E-state index in [0.717, 1.165) is 6.42 Å². The van der Waals surface area contributed by atoms with Gasteiger partial charge in [-0.1, -0.05) is 54.6 Å². The van der Waals surface area contributed by atoms with Gasteiger partial charge in [-0.05, 0) is 44.0 Å². The predicted octanol–water partition coefficient (Wildman–Crippen LogP) is 4.43. The summed E-state index contributed by atoms with van der Waals surface area (Å²) in [5, 5.41) is 3.39. The molecule has 0 aliphatic heterocycles. The van der Waals surface area contributed by atoms with Gasteiger partial charge in [-0.25, -0.2) is 0 Å². The highest BCUT2D eigenvalue weighted by Crippen LogP contribution is 2.27. The van der Waals surface area contributed by atoms with Crippen LogP contribution in [0.4, 0.5) is 0 Å². The number of rotatable bonds is 6. The summed E-state index contributed by atoms with van der Waals surface area (Å²) in [5.74, 6) is 0. The molecular formula is C19H25NO. The first-order valence-electron chi connectivity index (χ1n) is 7.43. The number of nitrogens with one attached hydrogen (secondary N) is 1. The molecule has 0 radical (unpaired) electrons. The molecule has 2 aromatic carbocycles. The normalized spacial score (nSPS) is 13.1. The number of benzene rings is 2. The first-order chi connectivity index (χ1) is 10.1. The minimum Gasteiger partial charge on any atom is -0.379 e. The molecule has 2 heteroatoms. The number of hydrogen-bond acceptors (Lipinski definition) is 2. The zero-order chi connectivity index (χ0) is 15.3. The van der Waals surface area contributed by atoms with Gasteiger partial charge in [0.25, 0.3) is 0 Å². The van der Waals surface area contributed by atoms with Crippen molar-refractivity contribution < 1.29 is 4.74 Å². The highest BCUT2D eigenvalue weighted by Gasteiger charge is 2.22. The predicted molar refractivity (Wildman–Crippen MR) is 89.4 cm³/mol. The molecule has 0 aromatic heterocycles. The Morgan fingerprint density at radius 2 is 1.52 bits per heavy atom.